The molecule has 84 valence electrons. The second kappa shape index (κ2) is 4.26. The lowest BCUT2D eigenvalue weighted by atomic mass is 10.2. The molecule has 0 saturated heterocycles. The lowest BCUT2D eigenvalue weighted by Crippen LogP contribution is -2.06. The van der Waals surface area contributed by atoms with E-state index in [-0.39, 0.29) is 22.3 Å². The van der Waals surface area contributed by atoms with Crippen molar-refractivity contribution in [2.75, 3.05) is 5.73 Å². The molecule has 0 fully saturated rings. The zero-order valence-corrected chi connectivity index (χ0v) is 8.00. The first-order chi connectivity index (χ1) is 6.80. The van der Waals surface area contributed by atoms with Crippen molar-refractivity contribution in [2.45, 2.75) is 16.8 Å². The first kappa shape index (κ1) is 12.1. The van der Waals surface area contributed by atoms with Crippen molar-refractivity contribution in [1.82, 2.24) is 0 Å². The molecular formula is C8H6F5NS. The zero-order chi connectivity index (χ0) is 11.6. The van der Waals surface area contributed by atoms with Crippen molar-refractivity contribution in [2.24, 2.45) is 0 Å². The minimum atomic E-state index is -4.51. The normalized spacial score (nSPS) is 12.1. The molecule has 0 heterocycles. The summed E-state index contributed by atoms with van der Waals surface area (Å²) in [5.74, 6) is -2.70. The molecule has 1 aromatic rings. The molecule has 0 spiro atoms. The van der Waals surface area contributed by atoms with Crippen molar-refractivity contribution in [3.05, 3.63) is 23.8 Å². The van der Waals surface area contributed by atoms with Gasteiger partial charge in [-0.2, -0.15) is 22.0 Å². The Morgan fingerprint density at radius 3 is 2.20 bits per heavy atom. The molecule has 2 N–H and O–H groups in total. The van der Waals surface area contributed by atoms with E-state index in [1.807, 2.05) is 0 Å². The Hall–Kier alpha value is -0.980. The number of nitrogen functional groups attached to an aromatic ring is 1. The third-order valence-electron chi connectivity index (χ3n) is 1.55. The second-order valence-electron chi connectivity index (χ2n) is 2.63. The van der Waals surface area contributed by atoms with E-state index >= 15 is 0 Å². The second-order valence-corrected chi connectivity index (χ2v) is 3.66. The van der Waals surface area contributed by atoms with E-state index in [1.54, 1.807) is 0 Å². The summed E-state index contributed by atoms with van der Waals surface area (Å²) in [6, 6.07) is 2.31. The van der Waals surface area contributed by atoms with Gasteiger partial charge in [0.05, 0.1) is 5.56 Å². The van der Waals surface area contributed by atoms with Gasteiger partial charge in [-0.25, -0.2) is 0 Å². The van der Waals surface area contributed by atoms with Crippen LogP contribution in [0.1, 0.15) is 5.56 Å². The number of alkyl halides is 5. The van der Waals surface area contributed by atoms with E-state index in [0.717, 1.165) is 12.1 Å². The minimum Gasteiger partial charge on any atom is -0.398 e. The van der Waals surface area contributed by atoms with Crippen LogP contribution in [0, 0.1) is 0 Å². The fourth-order valence-electron chi connectivity index (χ4n) is 0.928. The summed E-state index contributed by atoms with van der Waals surface area (Å²) in [6.45, 7) is 0. The topological polar surface area (TPSA) is 26.0 Å². The highest BCUT2D eigenvalue weighted by molar-refractivity contribution is 7.99. The maximum Gasteiger partial charge on any atom is 0.416 e. The Bertz CT molecular complexity index is 349. The molecule has 0 aromatic heterocycles. The van der Waals surface area contributed by atoms with Crippen LogP contribution in [0.5, 0.6) is 0 Å². The van der Waals surface area contributed by atoms with E-state index in [9.17, 15) is 22.0 Å². The maximum absolute atomic E-state index is 12.2. The van der Waals surface area contributed by atoms with Crippen LogP contribution in [-0.2, 0) is 6.18 Å². The number of nitrogens with two attached hydrogens (primary N) is 1. The van der Waals surface area contributed by atoms with E-state index in [1.165, 1.54) is 0 Å². The third kappa shape index (κ3) is 3.26. The highest BCUT2D eigenvalue weighted by atomic mass is 32.2. The monoisotopic (exact) mass is 243 g/mol. The first-order valence-corrected chi connectivity index (χ1v) is 4.60. The summed E-state index contributed by atoms with van der Waals surface area (Å²) >= 11 is 0.119. The van der Waals surface area contributed by atoms with Gasteiger partial charge in [0.2, 0.25) is 0 Å². The van der Waals surface area contributed by atoms with Crippen molar-refractivity contribution in [3.8, 4) is 0 Å². The number of hydrogen-bond donors (Lipinski definition) is 1. The highest BCUT2D eigenvalue weighted by Gasteiger charge is 2.30. The molecule has 0 aliphatic heterocycles. The molecule has 0 aliphatic rings. The number of halogens is 5. The predicted molar refractivity (Wildman–Crippen MR) is 47.7 cm³/mol. The minimum absolute atomic E-state index is 0.0574. The number of rotatable bonds is 2. The van der Waals surface area contributed by atoms with E-state index in [0.29, 0.717) is 6.07 Å². The molecule has 15 heavy (non-hydrogen) atoms. The van der Waals surface area contributed by atoms with E-state index in [2.05, 4.69) is 0 Å². The summed E-state index contributed by atoms with van der Waals surface area (Å²) in [6.07, 6.45) is -4.51. The van der Waals surface area contributed by atoms with Crippen LogP contribution in [-0.4, -0.2) is 5.76 Å². The first-order valence-electron chi connectivity index (χ1n) is 3.72. The lowest BCUT2D eigenvalue weighted by molar-refractivity contribution is -0.137. The Balaban J connectivity index is 2.98. The number of benzene rings is 1. The van der Waals surface area contributed by atoms with Gasteiger partial charge >= 0.3 is 6.18 Å². The molecule has 0 unspecified atom stereocenters. The van der Waals surface area contributed by atoms with Crippen LogP contribution in [0.15, 0.2) is 23.1 Å². The molecule has 1 aromatic carbocycles. The maximum atomic E-state index is 12.2. The van der Waals surface area contributed by atoms with Gasteiger partial charge in [-0.15, -0.1) is 0 Å². The Morgan fingerprint density at radius 1 is 1.20 bits per heavy atom. The fourth-order valence-corrected chi connectivity index (χ4v) is 1.46. The summed E-state index contributed by atoms with van der Waals surface area (Å²) in [7, 11) is 0. The van der Waals surface area contributed by atoms with Gasteiger partial charge in [0.25, 0.3) is 5.76 Å². The SMILES string of the molecule is Nc1cc(C(F)(F)F)ccc1SC(F)F. The Morgan fingerprint density at radius 2 is 1.80 bits per heavy atom. The van der Waals surface area contributed by atoms with Gasteiger partial charge < -0.3 is 5.73 Å². The summed E-state index contributed by atoms with van der Waals surface area (Å²) in [5.41, 5.74) is 3.97. The average molecular weight is 243 g/mol. The number of hydrogen-bond acceptors (Lipinski definition) is 2. The van der Waals surface area contributed by atoms with Crippen LogP contribution < -0.4 is 5.73 Å². The van der Waals surface area contributed by atoms with Gasteiger partial charge in [0.1, 0.15) is 0 Å². The third-order valence-corrected chi connectivity index (χ3v) is 2.36. The van der Waals surface area contributed by atoms with E-state index in [4.69, 9.17) is 5.73 Å². The summed E-state index contributed by atoms with van der Waals surface area (Å²) in [4.78, 5) is -0.0574. The van der Waals surface area contributed by atoms with Crippen molar-refractivity contribution >= 4 is 17.4 Å². The summed E-state index contributed by atoms with van der Waals surface area (Å²) in [5, 5.41) is 0. The van der Waals surface area contributed by atoms with Crippen LogP contribution in [0.2, 0.25) is 0 Å². The Kier molecular flexibility index (Phi) is 3.43. The molecule has 0 atom stereocenters. The van der Waals surface area contributed by atoms with Crippen molar-refractivity contribution in [1.29, 1.82) is 0 Å². The van der Waals surface area contributed by atoms with Gasteiger partial charge in [-0.3, -0.25) is 0 Å². The molecule has 0 bridgehead atoms. The van der Waals surface area contributed by atoms with Crippen molar-refractivity contribution in [3.63, 3.8) is 0 Å². The predicted octanol–water partition coefficient (Wildman–Crippen LogP) is 3.60. The standard InChI is InChI=1S/C8H6F5NS/c9-7(10)15-6-2-1-4(3-5(6)14)8(11,12)13/h1-3,7H,14H2. The number of thioether (sulfide) groups is 1. The van der Waals surface area contributed by atoms with Crippen LogP contribution in [0.25, 0.3) is 0 Å². The van der Waals surface area contributed by atoms with Crippen LogP contribution >= 0.6 is 11.8 Å². The van der Waals surface area contributed by atoms with E-state index < -0.39 is 17.5 Å². The fraction of sp³-hybridized carbons (Fsp3) is 0.250. The smallest absolute Gasteiger partial charge is 0.398 e. The largest absolute Gasteiger partial charge is 0.416 e. The molecule has 0 saturated carbocycles. The molecule has 1 nitrogen and oxygen atoms in total. The van der Waals surface area contributed by atoms with Gasteiger partial charge in [0, 0.05) is 10.6 Å². The summed E-state index contributed by atoms with van der Waals surface area (Å²) < 4.78 is 60.3. The lowest BCUT2D eigenvalue weighted by Gasteiger charge is -2.09. The van der Waals surface area contributed by atoms with Gasteiger partial charge in [-0.1, -0.05) is 11.8 Å². The van der Waals surface area contributed by atoms with Crippen molar-refractivity contribution < 1.29 is 22.0 Å². The molecule has 0 aliphatic carbocycles. The van der Waals surface area contributed by atoms with Crippen LogP contribution in [0.4, 0.5) is 27.6 Å². The number of anilines is 1. The molecular weight excluding hydrogens is 237 g/mol. The van der Waals surface area contributed by atoms with Crippen LogP contribution in [0.3, 0.4) is 0 Å². The average Bonchev–Trinajstić information content (AvgIpc) is 2.05. The molecule has 1 rings (SSSR count). The molecule has 0 radical (unpaired) electrons. The Labute approximate surface area is 86.5 Å². The highest BCUT2D eigenvalue weighted by Crippen LogP contribution is 2.35. The quantitative estimate of drug-likeness (QED) is 0.488. The molecule has 0 amide bonds. The van der Waals surface area contributed by atoms with Gasteiger partial charge in [0.15, 0.2) is 0 Å². The van der Waals surface area contributed by atoms with Gasteiger partial charge in [-0.05, 0) is 18.2 Å². The zero-order valence-electron chi connectivity index (χ0n) is 7.18. The molecule has 7 heteroatoms.